The Kier molecular flexibility index (Phi) is 5.11. The molecule has 2 heterocycles. The summed E-state index contributed by atoms with van der Waals surface area (Å²) < 4.78 is 28.1. The number of hydrogen-bond acceptors (Lipinski definition) is 4. The van der Waals surface area contributed by atoms with E-state index >= 15 is 0 Å². The quantitative estimate of drug-likeness (QED) is 0.691. The first-order chi connectivity index (χ1) is 12.8. The summed E-state index contributed by atoms with van der Waals surface area (Å²) in [6.07, 6.45) is -1.69. The lowest BCUT2D eigenvalue weighted by Gasteiger charge is -2.10. The van der Waals surface area contributed by atoms with Crippen LogP contribution in [0.4, 0.5) is 8.78 Å². The van der Waals surface area contributed by atoms with Crippen molar-refractivity contribution in [2.24, 2.45) is 7.05 Å². The highest BCUT2D eigenvalue weighted by Crippen LogP contribution is 2.24. The maximum absolute atomic E-state index is 13.3. The Hall–Kier alpha value is -3.36. The largest absolute Gasteiger partial charge is 0.481 e. The maximum atomic E-state index is 13.3. The Balaban J connectivity index is 1.82. The third-order valence-corrected chi connectivity index (χ3v) is 4.01. The number of benzene rings is 1. The van der Waals surface area contributed by atoms with Crippen LogP contribution in [-0.4, -0.2) is 31.7 Å². The zero-order valence-corrected chi connectivity index (χ0v) is 14.3. The van der Waals surface area contributed by atoms with Crippen molar-refractivity contribution in [2.45, 2.75) is 19.4 Å². The van der Waals surface area contributed by atoms with Crippen LogP contribution in [0.1, 0.15) is 33.6 Å². The number of carbonyl (C=O) groups is 2. The first kappa shape index (κ1) is 18.4. The maximum Gasteiger partial charge on any atom is 0.307 e. The number of carboxylic acids is 1. The smallest absolute Gasteiger partial charge is 0.307 e. The average molecular weight is 374 g/mol. The molecule has 0 aliphatic carbocycles. The molecule has 0 spiro atoms. The van der Waals surface area contributed by atoms with Gasteiger partial charge in [0, 0.05) is 13.6 Å². The fourth-order valence-corrected chi connectivity index (χ4v) is 2.74. The Morgan fingerprint density at radius 2 is 2.00 bits per heavy atom. The number of alkyl halides is 2. The highest BCUT2D eigenvalue weighted by molar-refractivity contribution is 5.98. The number of fused-ring (bicyclic) bond motifs is 1. The predicted molar refractivity (Wildman–Crippen MR) is 92.4 cm³/mol. The van der Waals surface area contributed by atoms with Crippen molar-refractivity contribution >= 4 is 22.9 Å². The standard InChI is InChI=1S/C18H16F2N4O3/c1-24-14-7-12(16(17(19)20)23-13(14)9-22-24)18(27)21-8-11-4-2-3-10(5-11)6-15(25)26/h2-5,7,9,17H,6,8H2,1H3,(H,21,27)(H,25,26). The van der Waals surface area contributed by atoms with Crippen LogP contribution >= 0.6 is 0 Å². The van der Waals surface area contributed by atoms with Crippen molar-refractivity contribution in [1.82, 2.24) is 20.1 Å². The lowest BCUT2D eigenvalue weighted by molar-refractivity contribution is -0.136. The summed E-state index contributed by atoms with van der Waals surface area (Å²) in [6.45, 7) is 0.0679. The Labute approximate surface area is 152 Å². The van der Waals surface area contributed by atoms with E-state index in [2.05, 4.69) is 15.4 Å². The normalized spacial score (nSPS) is 11.1. The number of halogens is 2. The van der Waals surface area contributed by atoms with Gasteiger partial charge in [0.05, 0.1) is 23.7 Å². The minimum Gasteiger partial charge on any atom is -0.481 e. The van der Waals surface area contributed by atoms with E-state index in [1.807, 2.05) is 0 Å². The molecule has 3 aromatic rings. The van der Waals surface area contributed by atoms with Crippen LogP contribution < -0.4 is 5.32 Å². The van der Waals surface area contributed by atoms with Gasteiger partial charge in [-0.05, 0) is 17.2 Å². The number of carbonyl (C=O) groups excluding carboxylic acids is 1. The van der Waals surface area contributed by atoms with Crippen molar-refractivity contribution < 1.29 is 23.5 Å². The molecule has 2 N–H and O–H groups in total. The third kappa shape index (κ3) is 4.08. The van der Waals surface area contributed by atoms with Gasteiger partial charge in [-0.15, -0.1) is 0 Å². The zero-order chi connectivity index (χ0) is 19.6. The summed E-state index contributed by atoms with van der Waals surface area (Å²) in [5.74, 6) is -1.65. The number of aliphatic carboxylic acids is 1. The number of carboxylic acid groups (broad SMARTS) is 1. The minimum atomic E-state index is -2.91. The second kappa shape index (κ2) is 7.48. The monoisotopic (exact) mass is 374 g/mol. The Morgan fingerprint density at radius 1 is 1.26 bits per heavy atom. The van der Waals surface area contributed by atoms with Gasteiger partial charge < -0.3 is 10.4 Å². The number of pyridine rings is 1. The van der Waals surface area contributed by atoms with Crippen LogP contribution in [0.25, 0.3) is 11.0 Å². The molecule has 0 atom stereocenters. The van der Waals surface area contributed by atoms with E-state index in [4.69, 9.17) is 5.11 Å². The Morgan fingerprint density at radius 3 is 2.70 bits per heavy atom. The number of nitrogens with one attached hydrogen (secondary N) is 1. The molecule has 0 fully saturated rings. The number of hydrogen-bond donors (Lipinski definition) is 2. The first-order valence-electron chi connectivity index (χ1n) is 8.03. The van der Waals surface area contributed by atoms with Gasteiger partial charge in [-0.1, -0.05) is 24.3 Å². The highest BCUT2D eigenvalue weighted by atomic mass is 19.3. The van der Waals surface area contributed by atoms with Gasteiger partial charge in [-0.25, -0.2) is 13.8 Å². The third-order valence-electron chi connectivity index (χ3n) is 4.01. The molecule has 0 aliphatic rings. The first-order valence-corrected chi connectivity index (χ1v) is 8.03. The van der Waals surface area contributed by atoms with Gasteiger partial charge in [0.15, 0.2) is 0 Å². The Bertz CT molecular complexity index is 1020. The molecule has 140 valence electrons. The molecule has 0 unspecified atom stereocenters. The fraction of sp³-hybridized carbons (Fsp3) is 0.222. The molecular formula is C18H16F2N4O3. The van der Waals surface area contributed by atoms with E-state index in [0.29, 0.717) is 16.6 Å². The van der Waals surface area contributed by atoms with Gasteiger partial charge in [-0.2, -0.15) is 5.10 Å². The predicted octanol–water partition coefficient (Wildman–Crippen LogP) is 2.46. The van der Waals surface area contributed by atoms with Gasteiger partial charge in [-0.3, -0.25) is 14.3 Å². The molecule has 0 saturated carbocycles. The summed E-state index contributed by atoms with van der Waals surface area (Å²) in [5, 5.41) is 15.4. The van der Waals surface area contributed by atoms with E-state index < -0.39 is 24.0 Å². The summed E-state index contributed by atoms with van der Waals surface area (Å²) in [4.78, 5) is 27.1. The van der Waals surface area contributed by atoms with Gasteiger partial charge >= 0.3 is 5.97 Å². The molecular weight excluding hydrogens is 358 g/mol. The second-order valence-corrected chi connectivity index (χ2v) is 5.97. The van der Waals surface area contributed by atoms with Gasteiger partial charge in [0.2, 0.25) is 0 Å². The number of rotatable bonds is 6. The molecule has 0 aliphatic heterocycles. The van der Waals surface area contributed by atoms with E-state index in [-0.39, 0.29) is 24.0 Å². The molecule has 2 aromatic heterocycles. The van der Waals surface area contributed by atoms with E-state index in [0.717, 1.165) is 0 Å². The fourth-order valence-electron chi connectivity index (χ4n) is 2.74. The molecule has 9 heteroatoms. The van der Waals surface area contributed by atoms with E-state index in [9.17, 15) is 18.4 Å². The summed E-state index contributed by atoms with van der Waals surface area (Å²) in [6, 6.07) is 8.03. The number of amides is 1. The topological polar surface area (TPSA) is 97.1 Å². The van der Waals surface area contributed by atoms with Crippen LogP contribution in [0.5, 0.6) is 0 Å². The molecule has 27 heavy (non-hydrogen) atoms. The minimum absolute atomic E-state index is 0.0679. The number of aromatic nitrogens is 3. The van der Waals surface area contributed by atoms with Crippen molar-refractivity contribution in [1.29, 1.82) is 0 Å². The molecule has 1 aromatic carbocycles. The molecule has 0 saturated heterocycles. The summed E-state index contributed by atoms with van der Waals surface area (Å²) in [7, 11) is 1.63. The van der Waals surface area contributed by atoms with Crippen molar-refractivity contribution in [3.8, 4) is 0 Å². The van der Waals surface area contributed by atoms with Crippen LogP contribution in [0.2, 0.25) is 0 Å². The molecule has 7 nitrogen and oxygen atoms in total. The van der Waals surface area contributed by atoms with Crippen LogP contribution in [0.3, 0.4) is 0 Å². The van der Waals surface area contributed by atoms with Crippen LogP contribution in [0, 0.1) is 0 Å². The number of aryl methyl sites for hydroxylation is 1. The van der Waals surface area contributed by atoms with Crippen LogP contribution in [0.15, 0.2) is 36.5 Å². The molecule has 1 amide bonds. The summed E-state index contributed by atoms with van der Waals surface area (Å²) >= 11 is 0. The zero-order valence-electron chi connectivity index (χ0n) is 14.3. The average Bonchev–Trinajstić information content (AvgIpc) is 2.98. The summed E-state index contributed by atoms with van der Waals surface area (Å²) in [5.41, 5.74) is 1.17. The van der Waals surface area contributed by atoms with E-state index in [1.54, 1.807) is 31.3 Å². The number of nitrogens with zero attached hydrogens (tertiary/aromatic N) is 3. The molecule has 3 rings (SSSR count). The SMILES string of the molecule is Cn1ncc2nc(C(F)F)c(C(=O)NCc3cccc(CC(=O)O)c3)cc21. The second-order valence-electron chi connectivity index (χ2n) is 5.97. The lowest BCUT2D eigenvalue weighted by atomic mass is 10.1. The van der Waals surface area contributed by atoms with Gasteiger partial charge in [0.25, 0.3) is 12.3 Å². The lowest BCUT2D eigenvalue weighted by Crippen LogP contribution is -2.24. The van der Waals surface area contributed by atoms with Crippen molar-refractivity contribution in [2.75, 3.05) is 0 Å². The molecule has 0 radical (unpaired) electrons. The van der Waals surface area contributed by atoms with E-state index in [1.165, 1.54) is 16.9 Å². The van der Waals surface area contributed by atoms with Crippen molar-refractivity contribution in [3.05, 3.63) is 58.9 Å². The molecule has 0 bridgehead atoms. The van der Waals surface area contributed by atoms with Crippen LogP contribution in [-0.2, 0) is 24.8 Å². The van der Waals surface area contributed by atoms with Crippen molar-refractivity contribution in [3.63, 3.8) is 0 Å². The van der Waals surface area contributed by atoms with Gasteiger partial charge in [0.1, 0.15) is 11.2 Å². The highest BCUT2D eigenvalue weighted by Gasteiger charge is 2.22.